The highest BCUT2D eigenvalue weighted by atomic mass is 79.9. The summed E-state index contributed by atoms with van der Waals surface area (Å²) in [5.74, 6) is 1.36. The van der Waals surface area contributed by atoms with Gasteiger partial charge in [-0.2, -0.15) is 0 Å². The van der Waals surface area contributed by atoms with E-state index in [9.17, 15) is 4.79 Å². The number of guanidine groups is 1. The first-order valence-corrected chi connectivity index (χ1v) is 9.92. The Morgan fingerprint density at radius 1 is 1.46 bits per heavy atom. The third-order valence-corrected chi connectivity index (χ3v) is 4.81. The molecule has 0 bridgehead atoms. The number of amides is 1. The van der Waals surface area contributed by atoms with E-state index in [1.165, 1.54) is 0 Å². The number of rotatable bonds is 7. The molecule has 26 heavy (non-hydrogen) atoms. The Labute approximate surface area is 164 Å². The van der Waals surface area contributed by atoms with Crippen molar-refractivity contribution in [3.05, 3.63) is 28.2 Å². The minimum Gasteiger partial charge on any atom is -0.381 e. The van der Waals surface area contributed by atoms with Gasteiger partial charge in [-0.05, 0) is 44.0 Å². The van der Waals surface area contributed by atoms with Crippen molar-refractivity contribution in [1.29, 1.82) is 0 Å². The number of aryl methyl sites for hydroxylation is 1. The van der Waals surface area contributed by atoms with Crippen LogP contribution in [-0.4, -0.2) is 56.7 Å². The van der Waals surface area contributed by atoms with E-state index in [-0.39, 0.29) is 5.91 Å². The Kier molecular flexibility index (Phi) is 8.38. The molecular weight excluding hydrogens is 396 g/mol. The third-order valence-electron chi connectivity index (χ3n) is 4.32. The van der Waals surface area contributed by atoms with Crippen molar-refractivity contribution in [2.75, 3.05) is 45.2 Å². The topological polar surface area (TPSA) is 66.0 Å². The monoisotopic (exact) mass is 424 g/mol. The summed E-state index contributed by atoms with van der Waals surface area (Å²) in [6.45, 7) is 7.86. The summed E-state index contributed by atoms with van der Waals surface area (Å²) in [4.78, 5) is 18.9. The summed E-state index contributed by atoms with van der Waals surface area (Å²) in [7, 11) is 2.03. The molecular formula is C19H29BrN4O2. The van der Waals surface area contributed by atoms with Crippen molar-refractivity contribution in [3.8, 4) is 0 Å². The van der Waals surface area contributed by atoms with Gasteiger partial charge in [-0.1, -0.05) is 15.9 Å². The molecule has 1 atom stereocenters. The Morgan fingerprint density at radius 3 is 2.92 bits per heavy atom. The molecule has 0 saturated carbocycles. The van der Waals surface area contributed by atoms with Crippen LogP contribution in [0.15, 0.2) is 27.7 Å². The second-order valence-corrected chi connectivity index (χ2v) is 7.52. The molecule has 0 aliphatic carbocycles. The van der Waals surface area contributed by atoms with E-state index in [1.54, 1.807) is 0 Å². The Bertz CT molecular complexity index is 630. The van der Waals surface area contributed by atoms with Crippen LogP contribution in [0.2, 0.25) is 0 Å². The van der Waals surface area contributed by atoms with Gasteiger partial charge in [0, 0.05) is 49.2 Å². The standard InChI is InChI=1S/C19H29BrN4O2/c1-4-21-19(24(3)12-15-8-10-26-13-15)22-9-7-18(25)23-17-6-5-16(20)11-14(17)2/h5-6,11,15H,4,7-10,12-13H2,1-3H3,(H,21,22)(H,23,25). The number of ether oxygens (including phenoxy) is 1. The molecule has 1 aromatic rings. The average molecular weight is 425 g/mol. The van der Waals surface area contributed by atoms with Gasteiger partial charge in [-0.3, -0.25) is 9.79 Å². The second kappa shape index (κ2) is 10.5. The minimum atomic E-state index is -0.0260. The largest absolute Gasteiger partial charge is 0.381 e. The second-order valence-electron chi connectivity index (χ2n) is 6.60. The SMILES string of the molecule is CCNC(=NCCC(=O)Nc1ccc(Br)cc1C)N(C)CC1CCOC1. The lowest BCUT2D eigenvalue weighted by Crippen LogP contribution is -2.41. The van der Waals surface area contributed by atoms with E-state index in [2.05, 4.69) is 36.5 Å². The number of carbonyl (C=O) groups is 1. The Morgan fingerprint density at radius 2 is 2.27 bits per heavy atom. The first-order chi connectivity index (χ1) is 12.5. The highest BCUT2D eigenvalue weighted by Gasteiger charge is 2.19. The number of anilines is 1. The summed E-state index contributed by atoms with van der Waals surface area (Å²) in [6.07, 6.45) is 1.45. The number of aliphatic imine (C=N–C) groups is 1. The van der Waals surface area contributed by atoms with E-state index < -0.39 is 0 Å². The van der Waals surface area contributed by atoms with Gasteiger partial charge in [0.15, 0.2) is 5.96 Å². The van der Waals surface area contributed by atoms with Crippen LogP contribution in [0.3, 0.4) is 0 Å². The fourth-order valence-corrected chi connectivity index (χ4v) is 3.39. The molecule has 1 heterocycles. The molecule has 1 amide bonds. The predicted octanol–water partition coefficient (Wildman–Crippen LogP) is 3.02. The molecule has 1 aliphatic heterocycles. The van der Waals surface area contributed by atoms with Crippen molar-refractivity contribution in [3.63, 3.8) is 0 Å². The van der Waals surface area contributed by atoms with Crippen LogP contribution < -0.4 is 10.6 Å². The molecule has 6 nitrogen and oxygen atoms in total. The van der Waals surface area contributed by atoms with Crippen LogP contribution >= 0.6 is 15.9 Å². The minimum absolute atomic E-state index is 0.0260. The maximum Gasteiger partial charge on any atom is 0.226 e. The number of hydrogen-bond donors (Lipinski definition) is 2. The van der Waals surface area contributed by atoms with E-state index in [0.717, 1.165) is 54.4 Å². The van der Waals surface area contributed by atoms with Gasteiger partial charge < -0.3 is 20.3 Å². The maximum atomic E-state index is 12.2. The van der Waals surface area contributed by atoms with Gasteiger partial charge >= 0.3 is 0 Å². The number of hydrogen-bond acceptors (Lipinski definition) is 3. The number of benzene rings is 1. The number of halogens is 1. The van der Waals surface area contributed by atoms with E-state index >= 15 is 0 Å². The summed E-state index contributed by atoms with van der Waals surface area (Å²) >= 11 is 3.43. The lowest BCUT2D eigenvalue weighted by Gasteiger charge is -2.24. The number of nitrogens with zero attached hydrogens (tertiary/aromatic N) is 2. The predicted molar refractivity (Wildman–Crippen MR) is 110 cm³/mol. The van der Waals surface area contributed by atoms with Crippen LogP contribution in [0.25, 0.3) is 0 Å². The average Bonchev–Trinajstić information content (AvgIpc) is 3.09. The van der Waals surface area contributed by atoms with Gasteiger partial charge in [0.1, 0.15) is 0 Å². The van der Waals surface area contributed by atoms with Gasteiger partial charge in [0.05, 0.1) is 13.2 Å². The molecule has 1 aliphatic rings. The maximum absolute atomic E-state index is 12.2. The molecule has 0 spiro atoms. The molecule has 0 aromatic heterocycles. The fourth-order valence-electron chi connectivity index (χ4n) is 2.91. The van der Waals surface area contributed by atoms with Gasteiger partial charge in [0.2, 0.25) is 5.91 Å². The van der Waals surface area contributed by atoms with Crippen LogP contribution in [0.4, 0.5) is 5.69 Å². The number of carbonyl (C=O) groups excluding carboxylic acids is 1. The highest BCUT2D eigenvalue weighted by Crippen LogP contribution is 2.20. The van der Waals surface area contributed by atoms with E-state index in [1.807, 2.05) is 39.1 Å². The normalized spacial score (nSPS) is 17.2. The van der Waals surface area contributed by atoms with Crippen LogP contribution in [0.1, 0.15) is 25.3 Å². The molecule has 7 heteroatoms. The molecule has 1 saturated heterocycles. The van der Waals surface area contributed by atoms with Crippen LogP contribution in [0, 0.1) is 12.8 Å². The lowest BCUT2D eigenvalue weighted by molar-refractivity contribution is -0.116. The first-order valence-electron chi connectivity index (χ1n) is 9.12. The molecule has 2 rings (SSSR count). The third kappa shape index (κ3) is 6.61. The van der Waals surface area contributed by atoms with Crippen LogP contribution in [0.5, 0.6) is 0 Å². The summed E-state index contributed by atoms with van der Waals surface area (Å²) in [5, 5.41) is 6.24. The van der Waals surface area contributed by atoms with Crippen molar-refractivity contribution < 1.29 is 9.53 Å². The highest BCUT2D eigenvalue weighted by molar-refractivity contribution is 9.10. The Hall–Kier alpha value is -1.60. The van der Waals surface area contributed by atoms with Gasteiger partial charge in [0.25, 0.3) is 0 Å². The van der Waals surface area contributed by atoms with Crippen molar-refractivity contribution in [2.45, 2.75) is 26.7 Å². The van der Waals surface area contributed by atoms with Gasteiger partial charge in [-0.25, -0.2) is 0 Å². The quantitative estimate of drug-likeness (QED) is 0.521. The summed E-state index contributed by atoms with van der Waals surface area (Å²) in [6, 6.07) is 5.81. The summed E-state index contributed by atoms with van der Waals surface area (Å²) < 4.78 is 6.44. The zero-order valence-electron chi connectivity index (χ0n) is 15.8. The molecule has 1 fully saturated rings. The molecule has 144 valence electrons. The van der Waals surface area contributed by atoms with Gasteiger partial charge in [-0.15, -0.1) is 0 Å². The Balaban J connectivity index is 1.84. The van der Waals surface area contributed by atoms with E-state index in [4.69, 9.17) is 4.74 Å². The van der Waals surface area contributed by atoms with Crippen LogP contribution in [-0.2, 0) is 9.53 Å². The zero-order valence-corrected chi connectivity index (χ0v) is 17.4. The molecule has 0 radical (unpaired) electrons. The summed E-state index contributed by atoms with van der Waals surface area (Å²) in [5.41, 5.74) is 1.87. The van der Waals surface area contributed by atoms with Crippen molar-refractivity contribution in [1.82, 2.24) is 10.2 Å². The molecule has 1 unspecified atom stereocenters. The smallest absolute Gasteiger partial charge is 0.226 e. The van der Waals surface area contributed by atoms with Crippen molar-refractivity contribution in [2.24, 2.45) is 10.9 Å². The van der Waals surface area contributed by atoms with E-state index in [0.29, 0.717) is 18.9 Å². The lowest BCUT2D eigenvalue weighted by atomic mass is 10.1. The number of nitrogens with one attached hydrogen (secondary N) is 2. The van der Waals surface area contributed by atoms with Crippen molar-refractivity contribution >= 4 is 33.5 Å². The molecule has 1 aromatic carbocycles. The fraction of sp³-hybridized carbons (Fsp3) is 0.579. The first kappa shape index (κ1) is 20.7. The molecule has 2 N–H and O–H groups in total. The zero-order chi connectivity index (χ0) is 18.9.